The Labute approximate surface area is 82.6 Å². The number of nitrogens with zero attached hydrogens (tertiary/aromatic N) is 1. The number of rotatable bonds is 2. The van der Waals surface area contributed by atoms with E-state index >= 15 is 0 Å². The van der Waals surface area contributed by atoms with Crippen LogP contribution in [0.15, 0.2) is 0 Å². The van der Waals surface area contributed by atoms with E-state index in [0.29, 0.717) is 19.4 Å². The minimum absolute atomic E-state index is 0.307. The maximum Gasteiger partial charge on any atom is 0.409 e. The first-order chi connectivity index (χ1) is 6.25. The molecule has 0 aliphatic carbocycles. The van der Waals surface area contributed by atoms with E-state index in [4.69, 9.17) is 9.29 Å². The molecule has 1 rings (SSSR count). The van der Waals surface area contributed by atoms with Crippen molar-refractivity contribution in [3.63, 3.8) is 0 Å². The Morgan fingerprint density at radius 3 is 2.57 bits per heavy atom. The van der Waals surface area contributed by atoms with Gasteiger partial charge in [-0.05, 0) is 19.8 Å². The van der Waals surface area contributed by atoms with Crippen LogP contribution in [-0.2, 0) is 14.3 Å². The SMILES string of the molecule is CC1(OS(C)(=O)=O)CCCN1C(=O)O. The second-order valence-corrected chi connectivity index (χ2v) is 5.08. The lowest BCUT2D eigenvalue weighted by atomic mass is 10.2. The highest BCUT2D eigenvalue weighted by atomic mass is 32.2. The molecule has 1 aliphatic heterocycles. The smallest absolute Gasteiger partial charge is 0.409 e. The van der Waals surface area contributed by atoms with Crippen LogP contribution in [0, 0.1) is 0 Å². The molecule has 1 unspecified atom stereocenters. The van der Waals surface area contributed by atoms with Crippen molar-refractivity contribution in [2.75, 3.05) is 12.8 Å². The van der Waals surface area contributed by atoms with Gasteiger partial charge in [0.15, 0.2) is 5.72 Å². The Bertz CT molecular complexity index is 338. The lowest BCUT2D eigenvalue weighted by molar-refractivity contribution is -0.0212. The summed E-state index contributed by atoms with van der Waals surface area (Å²) >= 11 is 0. The number of carbonyl (C=O) groups is 1. The molecule has 6 nitrogen and oxygen atoms in total. The monoisotopic (exact) mass is 223 g/mol. The van der Waals surface area contributed by atoms with Crippen molar-refractivity contribution in [3.8, 4) is 0 Å². The molecule has 7 heteroatoms. The minimum Gasteiger partial charge on any atom is -0.465 e. The van der Waals surface area contributed by atoms with E-state index in [1.807, 2.05) is 0 Å². The van der Waals surface area contributed by atoms with Crippen LogP contribution in [0.25, 0.3) is 0 Å². The van der Waals surface area contributed by atoms with E-state index in [-0.39, 0.29) is 0 Å². The number of hydrogen-bond acceptors (Lipinski definition) is 4. The van der Waals surface area contributed by atoms with Crippen molar-refractivity contribution in [2.45, 2.75) is 25.5 Å². The van der Waals surface area contributed by atoms with E-state index in [9.17, 15) is 13.2 Å². The lowest BCUT2D eigenvalue weighted by Gasteiger charge is -2.31. The van der Waals surface area contributed by atoms with Crippen molar-refractivity contribution in [3.05, 3.63) is 0 Å². The molecule has 0 radical (unpaired) electrons. The van der Waals surface area contributed by atoms with Gasteiger partial charge in [-0.15, -0.1) is 0 Å². The van der Waals surface area contributed by atoms with E-state index in [2.05, 4.69) is 0 Å². The van der Waals surface area contributed by atoms with E-state index in [1.165, 1.54) is 6.92 Å². The molecule has 0 spiro atoms. The molecule has 14 heavy (non-hydrogen) atoms. The molecular formula is C7H13NO5S. The Balaban J connectivity index is 2.87. The highest BCUT2D eigenvalue weighted by molar-refractivity contribution is 7.86. The molecule has 1 N–H and O–H groups in total. The van der Waals surface area contributed by atoms with Crippen molar-refractivity contribution in [1.82, 2.24) is 4.90 Å². The van der Waals surface area contributed by atoms with Crippen LogP contribution in [0.5, 0.6) is 0 Å². The van der Waals surface area contributed by atoms with Crippen LogP contribution in [0.1, 0.15) is 19.8 Å². The van der Waals surface area contributed by atoms with Crippen molar-refractivity contribution in [1.29, 1.82) is 0 Å². The van der Waals surface area contributed by atoms with Gasteiger partial charge in [0.2, 0.25) is 0 Å². The zero-order valence-corrected chi connectivity index (χ0v) is 8.87. The number of carboxylic acid groups (broad SMARTS) is 1. The Morgan fingerprint density at radius 1 is 1.57 bits per heavy atom. The van der Waals surface area contributed by atoms with Gasteiger partial charge in [-0.25, -0.2) is 8.98 Å². The summed E-state index contributed by atoms with van der Waals surface area (Å²) < 4.78 is 26.6. The summed E-state index contributed by atoms with van der Waals surface area (Å²) in [5.74, 6) is 0. The zero-order chi connectivity index (χ0) is 11.0. The number of likely N-dealkylation sites (tertiary alicyclic amines) is 1. The highest BCUT2D eigenvalue weighted by Gasteiger charge is 2.43. The molecule has 1 amide bonds. The van der Waals surface area contributed by atoms with Gasteiger partial charge in [0.25, 0.3) is 10.1 Å². The normalized spacial score (nSPS) is 28.0. The molecule has 82 valence electrons. The average Bonchev–Trinajstić information content (AvgIpc) is 2.26. The average molecular weight is 223 g/mol. The van der Waals surface area contributed by atoms with Crippen LogP contribution in [0.4, 0.5) is 4.79 Å². The van der Waals surface area contributed by atoms with Gasteiger partial charge in [0, 0.05) is 6.54 Å². The first-order valence-corrected chi connectivity index (χ1v) is 5.97. The molecule has 0 aromatic heterocycles. The molecule has 1 atom stereocenters. The molecule has 0 saturated carbocycles. The quantitative estimate of drug-likeness (QED) is 0.687. The van der Waals surface area contributed by atoms with Gasteiger partial charge in [-0.3, -0.25) is 4.90 Å². The molecule has 1 heterocycles. The summed E-state index contributed by atoms with van der Waals surface area (Å²) in [5, 5.41) is 8.80. The van der Waals surface area contributed by atoms with Gasteiger partial charge in [-0.1, -0.05) is 0 Å². The topological polar surface area (TPSA) is 83.9 Å². The summed E-state index contributed by atoms with van der Waals surface area (Å²) in [6, 6.07) is 0. The van der Waals surface area contributed by atoms with E-state index < -0.39 is 21.9 Å². The summed E-state index contributed by atoms with van der Waals surface area (Å²) in [5.41, 5.74) is -1.24. The molecule has 1 fully saturated rings. The van der Waals surface area contributed by atoms with Gasteiger partial charge >= 0.3 is 6.09 Å². The van der Waals surface area contributed by atoms with Gasteiger partial charge in [-0.2, -0.15) is 8.42 Å². The van der Waals surface area contributed by atoms with Crippen LogP contribution < -0.4 is 0 Å². The van der Waals surface area contributed by atoms with Crippen molar-refractivity contribution >= 4 is 16.2 Å². The molecule has 1 saturated heterocycles. The maximum atomic E-state index is 10.9. The summed E-state index contributed by atoms with van der Waals surface area (Å²) in [4.78, 5) is 11.8. The maximum absolute atomic E-state index is 10.9. The molecule has 0 aromatic rings. The molecule has 1 aliphatic rings. The lowest BCUT2D eigenvalue weighted by Crippen LogP contribution is -2.47. The number of hydrogen-bond donors (Lipinski definition) is 1. The minimum atomic E-state index is -3.64. The molecule has 0 aromatic carbocycles. The Kier molecular flexibility index (Phi) is 2.73. The first kappa shape index (κ1) is 11.3. The van der Waals surface area contributed by atoms with Crippen LogP contribution in [-0.4, -0.2) is 43.0 Å². The summed E-state index contributed by atoms with van der Waals surface area (Å²) in [7, 11) is -3.64. The highest BCUT2D eigenvalue weighted by Crippen LogP contribution is 2.31. The standard InChI is InChI=1S/C7H13NO5S/c1-7(13-14(2,11)12)4-3-5-8(7)6(9)10/h3-5H2,1-2H3,(H,9,10). The number of amides is 1. The third kappa shape index (κ3) is 2.36. The Morgan fingerprint density at radius 2 is 2.14 bits per heavy atom. The van der Waals surface area contributed by atoms with Gasteiger partial charge < -0.3 is 5.11 Å². The second kappa shape index (κ2) is 3.39. The van der Waals surface area contributed by atoms with Crippen LogP contribution >= 0.6 is 0 Å². The van der Waals surface area contributed by atoms with Gasteiger partial charge in [0.05, 0.1) is 6.26 Å². The first-order valence-electron chi connectivity index (χ1n) is 4.16. The predicted octanol–water partition coefficient (Wildman–Crippen LogP) is 0.453. The Hall–Kier alpha value is -0.820. The third-order valence-electron chi connectivity index (χ3n) is 2.16. The zero-order valence-electron chi connectivity index (χ0n) is 8.06. The van der Waals surface area contributed by atoms with Crippen LogP contribution in [0.3, 0.4) is 0 Å². The fourth-order valence-electron chi connectivity index (χ4n) is 1.65. The van der Waals surface area contributed by atoms with E-state index in [0.717, 1.165) is 11.2 Å². The largest absolute Gasteiger partial charge is 0.465 e. The summed E-state index contributed by atoms with van der Waals surface area (Å²) in [6.45, 7) is 1.77. The van der Waals surface area contributed by atoms with Crippen molar-refractivity contribution < 1.29 is 22.5 Å². The molecular weight excluding hydrogens is 210 g/mol. The van der Waals surface area contributed by atoms with Crippen LogP contribution in [0.2, 0.25) is 0 Å². The second-order valence-electron chi connectivity index (χ2n) is 3.50. The summed E-state index contributed by atoms with van der Waals surface area (Å²) in [6.07, 6.45) is 0.759. The van der Waals surface area contributed by atoms with Crippen molar-refractivity contribution in [2.24, 2.45) is 0 Å². The fraction of sp³-hybridized carbons (Fsp3) is 0.857. The fourth-order valence-corrected chi connectivity index (χ4v) is 2.47. The predicted molar refractivity (Wildman–Crippen MR) is 48.3 cm³/mol. The third-order valence-corrected chi connectivity index (χ3v) is 2.82. The molecule has 0 bridgehead atoms. The van der Waals surface area contributed by atoms with Gasteiger partial charge in [0.1, 0.15) is 0 Å². The van der Waals surface area contributed by atoms with E-state index in [1.54, 1.807) is 0 Å².